The van der Waals surface area contributed by atoms with Gasteiger partial charge in [0.25, 0.3) is 0 Å². The van der Waals surface area contributed by atoms with Gasteiger partial charge in [-0.3, -0.25) is 4.79 Å². The van der Waals surface area contributed by atoms with E-state index in [0.29, 0.717) is 5.75 Å². The summed E-state index contributed by atoms with van der Waals surface area (Å²) >= 11 is 5.82. The molecule has 82 valence electrons. The molecule has 0 amide bonds. The quantitative estimate of drug-likeness (QED) is 0.810. The van der Waals surface area contributed by atoms with Crippen LogP contribution in [0.15, 0.2) is 6.07 Å². The Morgan fingerprint density at radius 1 is 1.40 bits per heavy atom. The molecular weight excluding hydrogens is 220 g/mol. The van der Waals surface area contributed by atoms with E-state index in [9.17, 15) is 9.90 Å². The third kappa shape index (κ3) is 1.99. The first kappa shape index (κ1) is 11.7. The third-order valence-electron chi connectivity index (χ3n) is 1.96. The maximum Gasteiger partial charge on any atom is 0.183 e. The maximum absolute atomic E-state index is 11.2. The van der Waals surface area contributed by atoms with Crippen LogP contribution >= 0.6 is 11.6 Å². The average molecular weight is 231 g/mol. The number of hydrogen-bond acceptors (Lipinski definition) is 4. The van der Waals surface area contributed by atoms with Crippen molar-refractivity contribution in [1.82, 2.24) is 0 Å². The molecule has 0 radical (unpaired) electrons. The van der Waals surface area contributed by atoms with E-state index in [-0.39, 0.29) is 27.9 Å². The molecule has 1 aromatic carbocycles. The zero-order chi connectivity index (χ0) is 11.6. The van der Waals surface area contributed by atoms with Crippen molar-refractivity contribution in [2.75, 3.05) is 14.2 Å². The summed E-state index contributed by atoms with van der Waals surface area (Å²) in [6, 6.07) is 1.39. The second kappa shape index (κ2) is 4.40. The number of rotatable bonds is 3. The van der Waals surface area contributed by atoms with Crippen molar-refractivity contribution in [3.63, 3.8) is 0 Å². The molecule has 0 spiro atoms. The lowest BCUT2D eigenvalue weighted by atomic mass is 10.1. The molecule has 0 fully saturated rings. The first-order valence-electron chi connectivity index (χ1n) is 4.17. The number of Topliss-reactive ketones (excluding diaryl/α,β-unsaturated/α-hetero) is 1. The third-order valence-corrected chi connectivity index (χ3v) is 2.32. The van der Waals surface area contributed by atoms with Crippen LogP contribution in [0.5, 0.6) is 17.2 Å². The highest BCUT2D eigenvalue weighted by Crippen LogP contribution is 2.43. The van der Waals surface area contributed by atoms with Crippen molar-refractivity contribution in [1.29, 1.82) is 0 Å². The van der Waals surface area contributed by atoms with Gasteiger partial charge >= 0.3 is 0 Å². The van der Waals surface area contributed by atoms with E-state index in [2.05, 4.69) is 0 Å². The van der Waals surface area contributed by atoms with Gasteiger partial charge in [-0.05, 0) is 13.0 Å². The van der Waals surface area contributed by atoms with Crippen LogP contribution in [-0.2, 0) is 0 Å². The maximum atomic E-state index is 11.2. The molecule has 0 aliphatic carbocycles. The number of aromatic hydroxyl groups is 1. The Morgan fingerprint density at radius 3 is 2.40 bits per heavy atom. The van der Waals surface area contributed by atoms with Crippen LogP contribution in [0.4, 0.5) is 0 Å². The fourth-order valence-electron chi connectivity index (χ4n) is 1.21. The molecule has 0 saturated heterocycles. The Hall–Kier alpha value is -1.42. The minimum atomic E-state index is -0.296. The summed E-state index contributed by atoms with van der Waals surface area (Å²) in [6.07, 6.45) is 0. The highest BCUT2D eigenvalue weighted by molar-refractivity contribution is 6.34. The minimum Gasteiger partial charge on any atom is -0.505 e. The first-order chi connectivity index (χ1) is 7.02. The van der Waals surface area contributed by atoms with E-state index in [1.54, 1.807) is 0 Å². The molecule has 1 aromatic rings. The molecule has 15 heavy (non-hydrogen) atoms. The van der Waals surface area contributed by atoms with Gasteiger partial charge in [-0.1, -0.05) is 11.6 Å². The molecular formula is C10H11ClO4. The predicted octanol–water partition coefficient (Wildman–Crippen LogP) is 2.27. The van der Waals surface area contributed by atoms with Crippen molar-refractivity contribution in [3.05, 3.63) is 16.7 Å². The summed E-state index contributed by atoms with van der Waals surface area (Å²) in [5.41, 5.74) is 0.109. The largest absolute Gasteiger partial charge is 0.505 e. The normalized spacial score (nSPS) is 9.87. The van der Waals surface area contributed by atoms with Gasteiger partial charge in [0.05, 0.1) is 19.8 Å². The summed E-state index contributed by atoms with van der Waals surface area (Å²) in [4.78, 5) is 11.2. The summed E-state index contributed by atoms with van der Waals surface area (Å²) in [7, 11) is 2.83. The van der Waals surface area contributed by atoms with Crippen LogP contribution in [0.25, 0.3) is 0 Å². The van der Waals surface area contributed by atoms with Gasteiger partial charge in [-0.15, -0.1) is 0 Å². The van der Waals surface area contributed by atoms with Crippen LogP contribution in [0.1, 0.15) is 17.3 Å². The fourth-order valence-corrected chi connectivity index (χ4v) is 1.48. The Morgan fingerprint density at radius 2 is 2.00 bits per heavy atom. The molecule has 0 aliphatic heterocycles. The number of carbonyl (C=O) groups is 1. The van der Waals surface area contributed by atoms with Crippen molar-refractivity contribution in [3.8, 4) is 17.2 Å². The van der Waals surface area contributed by atoms with Gasteiger partial charge in [-0.25, -0.2) is 0 Å². The molecule has 0 aromatic heterocycles. The predicted molar refractivity (Wildman–Crippen MR) is 56.2 cm³/mol. The topological polar surface area (TPSA) is 55.8 Å². The van der Waals surface area contributed by atoms with E-state index in [1.165, 1.54) is 27.2 Å². The van der Waals surface area contributed by atoms with E-state index in [0.717, 1.165) is 0 Å². The molecule has 0 atom stereocenters. The molecule has 1 rings (SSSR count). The summed E-state index contributed by atoms with van der Waals surface area (Å²) < 4.78 is 9.94. The Balaban J connectivity index is 3.49. The van der Waals surface area contributed by atoms with Crippen LogP contribution in [0.2, 0.25) is 5.02 Å². The van der Waals surface area contributed by atoms with Gasteiger partial charge in [0.15, 0.2) is 17.3 Å². The Labute approximate surface area is 92.4 Å². The number of hydrogen-bond donors (Lipinski definition) is 1. The van der Waals surface area contributed by atoms with E-state index >= 15 is 0 Å². The standard InChI is InChI=1S/C10H11ClO4/c1-5(12)6-4-7(14-2)10(15-3)8(11)9(6)13/h4,13H,1-3H3. The Bertz CT molecular complexity index is 401. The first-order valence-corrected chi connectivity index (χ1v) is 4.55. The average Bonchev–Trinajstić information content (AvgIpc) is 2.21. The monoisotopic (exact) mass is 230 g/mol. The van der Waals surface area contributed by atoms with Crippen LogP contribution < -0.4 is 9.47 Å². The van der Waals surface area contributed by atoms with Gasteiger partial charge in [0, 0.05) is 0 Å². The fraction of sp³-hybridized carbons (Fsp3) is 0.300. The van der Waals surface area contributed by atoms with E-state index in [1.807, 2.05) is 0 Å². The van der Waals surface area contributed by atoms with Crippen molar-refractivity contribution >= 4 is 17.4 Å². The second-order valence-corrected chi connectivity index (χ2v) is 3.26. The molecule has 0 heterocycles. The lowest BCUT2D eigenvalue weighted by Crippen LogP contribution is -1.98. The summed E-state index contributed by atoms with van der Waals surface area (Å²) in [6.45, 7) is 1.33. The number of halogens is 1. The van der Waals surface area contributed by atoms with Crippen LogP contribution in [-0.4, -0.2) is 25.1 Å². The van der Waals surface area contributed by atoms with Crippen LogP contribution in [0, 0.1) is 0 Å². The van der Waals surface area contributed by atoms with Gasteiger partial charge in [0.1, 0.15) is 10.8 Å². The lowest BCUT2D eigenvalue weighted by Gasteiger charge is -2.12. The highest BCUT2D eigenvalue weighted by atomic mass is 35.5. The van der Waals surface area contributed by atoms with Gasteiger partial charge < -0.3 is 14.6 Å². The number of phenolic OH excluding ortho intramolecular Hbond substituents is 1. The van der Waals surface area contributed by atoms with E-state index < -0.39 is 0 Å². The zero-order valence-corrected chi connectivity index (χ0v) is 9.38. The Kier molecular flexibility index (Phi) is 3.42. The van der Waals surface area contributed by atoms with Crippen molar-refractivity contribution in [2.24, 2.45) is 0 Å². The lowest BCUT2D eigenvalue weighted by molar-refractivity contribution is 0.101. The smallest absolute Gasteiger partial charge is 0.183 e. The molecule has 1 N–H and O–H groups in total. The zero-order valence-electron chi connectivity index (χ0n) is 8.63. The molecule has 0 saturated carbocycles. The number of ketones is 1. The SMILES string of the molecule is COc1cc(C(C)=O)c(O)c(Cl)c1OC. The van der Waals surface area contributed by atoms with Gasteiger partial charge in [-0.2, -0.15) is 0 Å². The summed E-state index contributed by atoms with van der Waals surface area (Å²) in [5, 5.41) is 9.59. The summed E-state index contributed by atoms with van der Waals surface area (Å²) in [5.74, 6) is -0.0654. The number of ether oxygens (including phenoxy) is 2. The number of benzene rings is 1. The highest BCUT2D eigenvalue weighted by Gasteiger charge is 2.19. The molecule has 0 bridgehead atoms. The van der Waals surface area contributed by atoms with E-state index in [4.69, 9.17) is 21.1 Å². The molecule has 4 nitrogen and oxygen atoms in total. The second-order valence-electron chi connectivity index (χ2n) is 2.88. The minimum absolute atomic E-state index is 0.0259. The molecule has 0 aliphatic rings. The van der Waals surface area contributed by atoms with Crippen molar-refractivity contribution in [2.45, 2.75) is 6.92 Å². The number of methoxy groups -OCH3 is 2. The van der Waals surface area contributed by atoms with Gasteiger partial charge in [0.2, 0.25) is 0 Å². The van der Waals surface area contributed by atoms with Crippen LogP contribution in [0.3, 0.4) is 0 Å². The number of carbonyl (C=O) groups excluding carboxylic acids is 1. The molecule has 5 heteroatoms. The number of phenols is 1. The van der Waals surface area contributed by atoms with Crippen molar-refractivity contribution < 1.29 is 19.4 Å². The molecule has 0 unspecified atom stereocenters.